The van der Waals surface area contributed by atoms with Crippen LogP contribution >= 0.6 is 0 Å². The van der Waals surface area contributed by atoms with E-state index in [4.69, 9.17) is 9.47 Å². The van der Waals surface area contributed by atoms with Crippen LogP contribution in [0.3, 0.4) is 0 Å². The first-order valence-corrected chi connectivity index (χ1v) is 10.1. The highest BCUT2D eigenvalue weighted by atomic mass is 16.5. The van der Waals surface area contributed by atoms with Gasteiger partial charge in [0.15, 0.2) is 11.5 Å². The molecule has 1 N–H and O–H groups in total. The Balaban J connectivity index is 1.43. The minimum Gasteiger partial charge on any atom is -0.502 e. The Morgan fingerprint density at radius 1 is 1.04 bits per heavy atom. The van der Waals surface area contributed by atoms with Gasteiger partial charge in [0.25, 0.3) is 0 Å². The number of benzene rings is 2. The molecule has 1 fully saturated rings. The molecule has 1 atom stereocenters. The van der Waals surface area contributed by atoms with E-state index in [1.54, 1.807) is 14.2 Å². The normalized spacial score (nSPS) is 20.6. The van der Waals surface area contributed by atoms with E-state index in [0.29, 0.717) is 17.5 Å². The van der Waals surface area contributed by atoms with Gasteiger partial charge in [-0.2, -0.15) is 0 Å². The van der Waals surface area contributed by atoms with Gasteiger partial charge in [-0.15, -0.1) is 0 Å². The van der Waals surface area contributed by atoms with E-state index in [9.17, 15) is 5.11 Å². The second-order valence-electron chi connectivity index (χ2n) is 7.87. The average Bonchev–Trinajstić information content (AvgIpc) is 2.74. The molecule has 1 unspecified atom stereocenters. The third-order valence-electron chi connectivity index (χ3n) is 6.10. The molecule has 0 spiro atoms. The summed E-state index contributed by atoms with van der Waals surface area (Å²) in [6.07, 6.45) is 3.63. The number of piperidine rings is 1. The molecule has 150 valence electrons. The second kappa shape index (κ2) is 8.41. The molecule has 28 heavy (non-hydrogen) atoms. The van der Waals surface area contributed by atoms with Crippen molar-refractivity contribution in [2.45, 2.75) is 38.4 Å². The number of hydrogen-bond donors (Lipinski definition) is 1. The van der Waals surface area contributed by atoms with Gasteiger partial charge in [0.1, 0.15) is 0 Å². The molecule has 0 aliphatic carbocycles. The predicted molar refractivity (Wildman–Crippen MR) is 110 cm³/mol. The van der Waals surface area contributed by atoms with Crippen molar-refractivity contribution >= 4 is 0 Å². The largest absolute Gasteiger partial charge is 0.502 e. The van der Waals surface area contributed by atoms with E-state index < -0.39 is 0 Å². The van der Waals surface area contributed by atoms with Crippen LogP contribution in [0, 0.1) is 0 Å². The summed E-state index contributed by atoms with van der Waals surface area (Å²) in [5.74, 6) is 1.00. The first-order valence-electron chi connectivity index (χ1n) is 10.1. The van der Waals surface area contributed by atoms with Crippen LogP contribution in [-0.4, -0.2) is 54.8 Å². The SMILES string of the molecule is COc1cc(CN2CCCC(N3CCc4ccccc4C3)C2)cc(OC)c1O. The smallest absolute Gasteiger partial charge is 0.200 e. The third-order valence-corrected chi connectivity index (χ3v) is 6.10. The van der Waals surface area contributed by atoms with Crippen LogP contribution in [0.25, 0.3) is 0 Å². The van der Waals surface area contributed by atoms with E-state index in [2.05, 4.69) is 34.1 Å². The Bertz CT molecular complexity index is 798. The van der Waals surface area contributed by atoms with E-state index in [1.165, 1.54) is 24.0 Å². The van der Waals surface area contributed by atoms with Crippen molar-refractivity contribution < 1.29 is 14.6 Å². The van der Waals surface area contributed by atoms with E-state index in [-0.39, 0.29) is 5.75 Å². The predicted octanol–water partition coefficient (Wildman–Crippen LogP) is 3.43. The molecular formula is C23H30N2O3. The van der Waals surface area contributed by atoms with Crippen molar-refractivity contribution in [3.05, 3.63) is 53.1 Å². The van der Waals surface area contributed by atoms with Gasteiger partial charge in [-0.05, 0) is 54.6 Å². The molecule has 0 aromatic heterocycles. The molecule has 2 aliphatic heterocycles. The molecular weight excluding hydrogens is 352 g/mol. The fourth-order valence-corrected chi connectivity index (χ4v) is 4.60. The summed E-state index contributed by atoms with van der Waals surface area (Å²) in [6, 6.07) is 13.3. The van der Waals surface area contributed by atoms with Gasteiger partial charge in [-0.25, -0.2) is 0 Å². The van der Waals surface area contributed by atoms with Crippen LogP contribution in [-0.2, 0) is 19.5 Å². The van der Waals surface area contributed by atoms with Gasteiger partial charge >= 0.3 is 0 Å². The lowest BCUT2D eigenvalue weighted by Gasteiger charge is -2.41. The van der Waals surface area contributed by atoms with Crippen molar-refractivity contribution in [2.75, 3.05) is 33.9 Å². The maximum atomic E-state index is 10.1. The number of hydrogen-bond acceptors (Lipinski definition) is 5. The van der Waals surface area contributed by atoms with Crippen LogP contribution < -0.4 is 9.47 Å². The summed E-state index contributed by atoms with van der Waals surface area (Å²) in [5, 5.41) is 10.1. The van der Waals surface area contributed by atoms with Crippen molar-refractivity contribution in [1.29, 1.82) is 0 Å². The summed E-state index contributed by atoms with van der Waals surface area (Å²) in [7, 11) is 3.15. The van der Waals surface area contributed by atoms with Crippen molar-refractivity contribution in [3.63, 3.8) is 0 Å². The maximum absolute atomic E-state index is 10.1. The molecule has 0 bridgehead atoms. The number of ether oxygens (including phenoxy) is 2. The second-order valence-corrected chi connectivity index (χ2v) is 7.87. The van der Waals surface area contributed by atoms with E-state index >= 15 is 0 Å². The molecule has 4 rings (SSSR count). The Morgan fingerprint density at radius 2 is 1.75 bits per heavy atom. The quantitative estimate of drug-likeness (QED) is 0.858. The van der Waals surface area contributed by atoms with E-state index in [1.807, 2.05) is 12.1 Å². The van der Waals surface area contributed by atoms with Crippen LogP contribution in [0.4, 0.5) is 0 Å². The standard InChI is InChI=1S/C23H30N2O3/c1-27-21-12-17(13-22(28-2)23(21)26)14-24-10-5-8-20(16-24)25-11-9-18-6-3-4-7-19(18)15-25/h3-4,6-7,12-13,20,26H,5,8-11,14-16H2,1-2H3. The zero-order valence-electron chi connectivity index (χ0n) is 16.9. The number of phenols is 1. The van der Waals surface area contributed by atoms with Gasteiger partial charge in [-0.1, -0.05) is 24.3 Å². The van der Waals surface area contributed by atoms with Crippen LogP contribution in [0.15, 0.2) is 36.4 Å². The molecule has 2 aromatic carbocycles. The zero-order valence-corrected chi connectivity index (χ0v) is 16.9. The minimum absolute atomic E-state index is 0.0669. The average molecular weight is 383 g/mol. The molecule has 1 saturated heterocycles. The lowest BCUT2D eigenvalue weighted by molar-refractivity contribution is 0.0838. The summed E-state index contributed by atoms with van der Waals surface area (Å²) in [5.41, 5.74) is 4.10. The molecule has 0 radical (unpaired) electrons. The summed E-state index contributed by atoms with van der Waals surface area (Å²) >= 11 is 0. The van der Waals surface area contributed by atoms with Gasteiger partial charge < -0.3 is 14.6 Å². The van der Waals surface area contributed by atoms with Crippen molar-refractivity contribution in [3.8, 4) is 17.2 Å². The van der Waals surface area contributed by atoms with E-state index in [0.717, 1.165) is 44.7 Å². The van der Waals surface area contributed by atoms with Crippen molar-refractivity contribution in [1.82, 2.24) is 9.80 Å². The third kappa shape index (κ3) is 3.96. The Labute approximate surface area is 167 Å². The fraction of sp³-hybridized carbons (Fsp3) is 0.478. The van der Waals surface area contributed by atoms with Crippen LogP contribution in [0.1, 0.15) is 29.5 Å². The monoisotopic (exact) mass is 382 g/mol. The molecule has 5 nitrogen and oxygen atoms in total. The van der Waals surface area contributed by atoms with Gasteiger partial charge in [-0.3, -0.25) is 9.80 Å². The highest BCUT2D eigenvalue weighted by Gasteiger charge is 2.28. The first-order chi connectivity index (χ1) is 13.7. The van der Waals surface area contributed by atoms with Gasteiger partial charge in [0.2, 0.25) is 5.75 Å². The molecule has 0 amide bonds. The highest BCUT2D eigenvalue weighted by molar-refractivity contribution is 5.52. The Morgan fingerprint density at radius 3 is 2.46 bits per heavy atom. The van der Waals surface area contributed by atoms with Gasteiger partial charge in [0.05, 0.1) is 14.2 Å². The lowest BCUT2D eigenvalue weighted by atomic mass is 9.96. The summed E-state index contributed by atoms with van der Waals surface area (Å²) < 4.78 is 10.6. The van der Waals surface area contributed by atoms with Crippen molar-refractivity contribution in [2.24, 2.45) is 0 Å². The molecule has 2 aliphatic rings. The first kappa shape index (κ1) is 19.1. The number of aromatic hydroxyl groups is 1. The van der Waals surface area contributed by atoms with Crippen LogP contribution in [0.5, 0.6) is 17.2 Å². The van der Waals surface area contributed by atoms with Crippen LogP contribution in [0.2, 0.25) is 0 Å². The number of rotatable bonds is 5. The number of methoxy groups -OCH3 is 2. The number of phenolic OH excluding ortho intramolecular Hbond substituents is 1. The summed E-state index contributed by atoms with van der Waals surface area (Å²) in [6.45, 7) is 5.24. The number of nitrogens with zero attached hydrogens (tertiary/aromatic N) is 2. The number of fused-ring (bicyclic) bond motifs is 1. The topological polar surface area (TPSA) is 45.2 Å². The molecule has 0 saturated carbocycles. The molecule has 5 heteroatoms. The lowest BCUT2D eigenvalue weighted by Crippen LogP contribution is -2.49. The minimum atomic E-state index is 0.0669. The Hall–Kier alpha value is -2.24. The molecule has 2 heterocycles. The fourth-order valence-electron chi connectivity index (χ4n) is 4.60. The Kier molecular flexibility index (Phi) is 5.74. The maximum Gasteiger partial charge on any atom is 0.200 e. The highest BCUT2D eigenvalue weighted by Crippen LogP contribution is 2.37. The summed E-state index contributed by atoms with van der Waals surface area (Å²) in [4.78, 5) is 5.17. The van der Waals surface area contributed by atoms with Gasteiger partial charge in [0, 0.05) is 32.2 Å². The molecule has 2 aromatic rings. The number of likely N-dealkylation sites (tertiary alicyclic amines) is 1. The zero-order chi connectivity index (χ0) is 19.5.